The molecule has 1 saturated carbocycles. The van der Waals surface area contributed by atoms with Crippen molar-refractivity contribution in [1.82, 2.24) is 0 Å². The highest BCUT2D eigenvalue weighted by molar-refractivity contribution is 5.99. The van der Waals surface area contributed by atoms with Gasteiger partial charge in [-0.2, -0.15) is 0 Å². The number of aliphatic carboxylic acids is 1. The molecule has 0 saturated heterocycles. The number of hydrogen-bond donors (Lipinski definition) is 1. The van der Waals surface area contributed by atoms with Gasteiger partial charge in [0.25, 0.3) is 0 Å². The van der Waals surface area contributed by atoms with Gasteiger partial charge in [0.1, 0.15) is 6.10 Å². The first-order chi connectivity index (χ1) is 8.18. The molecule has 94 valence electrons. The summed E-state index contributed by atoms with van der Waals surface area (Å²) in [5.74, 6) is -1.36. The molecule has 0 aromatic carbocycles. The van der Waals surface area contributed by atoms with Gasteiger partial charge in [0.05, 0.1) is 0 Å². The molecule has 1 fully saturated rings. The average Bonchev–Trinajstić information content (AvgIpc) is 2.81. The molecule has 0 unspecified atom stereocenters. The van der Waals surface area contributed by atoms with E-state index in [9.17, 15) is 9.59 Å². The minimum Gasteiger partial charge on any atom is -0.478 e. The Morgan fingerprint density at radius 2 is 1.59 bits per heavy atom. The Bertz CT molecular complexity index is 350. The van der Waals surface area contributed by atoms with Crippen LogP contribution in [0.4, 0.5) is 0 Å². The molecule has 17 heavy (non-hydrogen) atoms. The maximum Gasteiger partial charge on any atom is 0.334 e. The smallest absolute Gasteiger partial charge is 0.334 e. The van der Waals surface area contributed by atoms with Crippen LogP contribution in [-0.2, 0) is 14.3 Å². The van der Waals surface area contributed by atoms with Gasteiger partial charge in [0, 0.05) is 11.1 Å². The van der Waals surface area contributed by atoms with Gasteiger partial charge in [0.2, 0.25) is 0 Å². The summed E-state index contributed by atoms with van der Waals surface area (Å²) in [6.07, 6.45) is 6.81. The van der Waals surface area contributed by atoms with Gasteiger partial charge >= 0.3 is 11.9 Å². The van der Waals surface area contributed by atoms with E-state index in [2.05, 4.69) is 0 Å². The molecule has 4 heteroatoms. The van der Waals surface area contributed by atoms with Crippen molar-refractivity contribution in [2.45, 2.75) is 57.5 Å². The number of hydrogen-bond acceptors (Lipinski definition) is 3. The molecule has 0 atom stereocenters. The van der Waals surface area contributed by atoms with E-state index in [1.165, 1.54) is 0 Å². The fourth-order valence-corrected chi connectivity index (χ4v) is 2.60. The van der Waals surface area contributed by atoms with E-state index in [0.29, 0.717) is 18.4 Å². The van der Waals surface area contributed by atoms with Crippen molar-refractivity contribution in [1.29, 1.82) is 0 Å². The van der Waals surface area contributed by atoms with Crippen LogP contribution in [0, 0.1) is 0 Å². The quantitative estimate of drug-likeness (QED) is 0.767. The summed E-state index contributed by atoms with van der Waals surface area (Å²) in [6.45, 7) is 0. The molecular formula is C13H18O4. The zero-order valence-corrected chi connectivity index (χ0v) is 9.91. The van der Waals surface area contributed by atoms with E-state index in [1.54, 1.807) is 0 Å². The van der Waals surface area contributed by atoms with Crippen LogP contribution in [0.15, 0.2) is 11.1 Å². The third kappa shape index (κ3) is 2.87. The SMILES string of the molecule is O=C(O)C1=C(C(=O)OC2CCCC2)CCCC1. The lowest BCUT2D eigenvalue weighted by Gasteiger charge is -2.18. The van der Waals surface area contributed by atoms with Gasteiger partial charge in [0.15, 0.2) is 0 Å². The maximum absolute atomic E-state index is 11.9. The second-order valence-electron chi connectivity index (χ2n) is 4.78. The Morgan fingerprint density at radius 1 is 1.00 bits per heavy atom. The van der Waals surface area contributed by atoms with Gasteiger partial charge in [-0.15, -0.1) is 0 Å². The van der Waals surface area contributed by atoms with Gasteiger partial charge in [-0.25, -0.2) is 9.59 Å². The maximum atomic E-state index is 11.9. The van der Waals surface area contributed by atoms with Crippen molar-refractivity contribution in [3.8, 4) is 0 Å². The standard InChI is InChI=1S/C13H18O4/c14-12(15)10-7-3-4-8-11(10)13(16)17-9-5-1-2-6-9/h9H,1-8H2,(H,14,15). The Kier molecular flexibility index (Phi) is 3.82. The zero-order chi connectivity index (χ0) is 12.3. The number of carboxylic acid groups (broad SMARTS) is 1. The van der Waals surface area contributed by atoms with Crippen molar-refractivity contribution in [3.63, 3.8) is 0 Å². The molecule has 4 nitrogen and oxygen atoms in total. The molecule has 0 aromatic rings. The molecule has 0 radical (unpaired) electrons. The van der Waals surface area contributed by atoms with Gasteiger partial charge in [-0.05, 0) is 51.4 Å². The monoisotopic (exact) mass is 238 g/mol. The number of carboxylic acids is 1. The van der Waals surface area contributed by atoms with Crippen molar-refractivity contribution in [2.24, 2.45) is 0 Å². The minimum atomic E-state index is -0.969. The van der Waals surface area contributed by atoms with E-state index in [-0.39, 0.29) is 11.7 Å². The Hall–Kier alpha value is -1.32. The normalized spacial score (nSPS) is 21.6. The summed E-state index contributed by atoms with van der Waals surface area (Å²) in [6, 6.07) is 0. The molecule has 2 aliphatic carbocycles. The topological polar surface area (TPSA) is 63.6 Å². The van der Waals surface area contributed by atoms with E-state index >= 15 is 0 Å². The summed E-state index contributed by atoms with van der Waals surface area (Å²) < 4.78 is 5.37. The van der Waals surface area contributed by atoms with Crippen LogP contribution in [0.1, 0.15) is 51.4 Å². The van der Waals surface area contributed by atoms with Crippen LogP contribution >= 0.6 is 0 Å². The first kappa shape index (κ1) is 12.1. The van der Waals surface area contributed by atoms with Crippen LogP contribution in [0.25, 0.3) is 0 Å². The van der Waals surface area contributed by atoms with Crippen molar-refractivity contribution in [3.05, 3.63) is 11.1 Å². The Labute approximate surface area is 101 Å². The van der Waals surface area contributed by atoms with Crippen LogP contribution in [0.3, 0.4) is 0 Å². The highest BCUT2D eigenvalue weighted by atomic mass is 16.5. The molecule has 0 heterocycles. The first-order valence-corrected chi connectivity index (χ1v) is 6.35. The second-order valence-corrected chi connectivity index (χ2v) is 4.78. The Morgan fingerprint density at radius 3 is 2.18 bits per heavy atom. The number of carbonyl (C=O) groups is 2. The minimum absolute atomic E-state index is 0.00646. The molecule has 0 amide bonds. The summed E-state index contributed by atoms with van der Waals surface area (Å²) in [4.78, 5) is 23.0. The molecule has 2 rings (SSSR count). The van der Waals surface area contributed by atoms with E-state index < -0.39 is 11.9 Å². The summed E-state index contributed by atoms with van der Waals surface area (Å²) in [7, 11) is 0. The average molecular weight is 238 g/mol. The zero-order valence-electron chi connectivity index (χ0n) is 9.91. The van der Waals surface area contributed by atoms with Gasteiger partial charge < -0.3 is 9.84 Å². The summed E-state index contributed by atoms with van der Waals surface area (Å²) in [5, 5.41) is 9.05. The lowest BCUT2D eigenvalue weighted by atomic mass is 9.92. The van der Waals surface area contributed by atoms with Gasteiger partial charge in [-0.3, -0.25) is 0 Å². The predicted octanol–water partition coefficient (Wildman–Crippen LogP) is 2.43. The second kappa shape index (κ2) is 5.34. The molecule has 0 aliphatic heterocycles. The van der Waals surface area contributed by atoms with E-state index in [1.807, 2.05) is 0 Å². The summed E-state index contributed by atoms with van der Waals surface area (Å²) >= 11 is 0. The Balaban J connectivity index is 2.07. The first-order valence-electron chi connectivity index (χ1n) is 6.35. The summed E-state index contributed by atoms with van der Waals surface area (Å²) in [5.41, 5.74) is 0.662. The molecule has 0 bridgehead atoms. The third-order valence-corrected chi connectivity index (χ3v) is 3.55. The molecule has 0 aromatic heterocycles. The lowest BCUT2D eigenvalue weighted by molar-refractivity contribution is -0.145. The van der Waals surface area contributed by atoms with E-state index in [0.717, 1.165) is 38.5 Å². The van der Waals surface area contributed by atoms with Crippen LogP contribution < -0.4 is 0 Å². The van der Waals surface area contributed by atoms with Crippen molar-refractivity contribution >= 4 is 11.9 Å². The number of rotatable bonds is 3. The largest absolute Gasteiger partial charge is 0.478 e. The highest BCUT2D eigenvalue weighted by Gasteiger charge is 2.27. The van der Waals surface area contributed by atoms with Crippen molar-refractivity contribution in [2.75, 3.05) is 0 Å². The van der Waals surface area contributed by atoms with Crippen LogP contribution in [0.5, 0.6) is 0 Å². The lowest BCUT2D eigenvalue weighted by Crippen LogP contribution is -2.21. The van der Waals surface area contributed by atoms with Gasteiger partial charge in [-0.1, -0.05) is 0 Å². The fraction of sp³-hybridized carbons (Fsp3) is 0.692. The van der Waals surface area contributed by atoms with Crippen LogP contribution in [0.2, 0.25) is 0 Å². The predicted molar refractivity (Wildman–Crippen MR) is 61.5 cm³/mol. The molecule has 2 aliphatic rings. The number of ether oxygens (including phenoxy) is 1. The number of esters is 1. The molecule has 1 N–H and O–H groups in total. The fourth-order valence-electron chi connectivity index (χ4n) is 2.60. The molecular weight excluding hydrogens is 220 g/mol. The number of carbonyl (C=O) groups excluding carboxylic acids is 1. The highest BCUT2D eigenvalue weighted by Crippen LogP contribution is 2.28. The molecule has 0 spiro atoms. The third-order valence-electron chi connectivity index (χ3n) is 3.55. The van der Waals surface area contributed by atoms with Crippen LogP contribution in [-0.4, -0.2) is 23.1 Å². The van der Waals surface area contributed by atoms with Crippen molar-refractivity contribution < 1.29 is 19.4 Å². The van der Waals surface area contributed by atoms with E-state index in [4.69, 9.17) is 9.84 Å².